The van der Waals surface area contributed by atoms with Gasteiger partial charge in [-0.2, -0.15) is 0 Å². The minimum absolute atomic E-state index is 0.0552. The van der Waals surface area contributed by atoms with E-state index in [4.69, 9.17) is 0 Å². The Balaban J connectivity index is 1.91. The van der Waals surface area contributed by atoms with Crippen molar-refractivity contribution in [1.29, 1.82) is 0 Å². The minimum Gasteiger partial charge on any atom is -0.378 e. The maximum absolute atomic E-state index is 13.1. The number of pyridine rings is 1. The molecular formula is C22H23N3O. The molecule has 0 spiro atoms. The average Bonchev–Trinajstić information content (AvgIpc) is 2.67. The molecule has 0 radical (unpaired) electrons. The molecule has 0 aliphatic rings. The molecule has 0 aliphatic heterocycles. The van der Waals surface area contributed by atoms with E-state index in [0.717, 1.165) is 16.8 Å². The fourth-order valence-corrected chi connectivity index (χ4v) is 2.70. The third kappa shape index (κ3) is 4.09. The van der Waals surface area contributed by atoms with Gasteiger partial charge in [0.15, 0.2) is 0 Å². The highest BCUT2D eigenvalue weighted by atomic mass is 16.2. The number of rotatable bonds is 5. The summed E-state index contributed by atoms with van der Waals surface area (Å²) in [6.07, 6.45) is 1.71. The van der Waals surface area contributed by atoms with E-state index in [-0.39, 0.29) is 5.91 Å². The average molecular weight is 345 g/mol. The normalized spacial score (nSPS) is 10.4. The summed E-state index contributed by atoms with van der Waals surface area (Å²) in [5.74, 6) is 0.593. The second-order valence-electron chi connectivity index (χ2n) is 6.51. The van der Waals surface area contributed by atoms with E-state index in [0.29, 0.717) is 17.9 Å². The largest absolute Gasteiger partial charge is 0.378 e. The van der Waals surface area contributed by atoms with Crippen LogP contribution in [0.2, 0.25) is 0 Å². The van der Waals surface area contributed by atoms with Gasteiger partial charge >= 0.3 is 0 Å². The lowest BCUT2D eigenvalue weighted by Gasteiger charge is -2.22. The van der Waals surface area contributed by atoms with Crippen molar-refractivity contribution in [2.24, 2.45) is 0 Å². The molecule has 3 rings (SSSR count). The number of carbonyl (C=O) groups excluding carboxylic acids is 1. The van der Waals surface area contributed by atoms with Crippen LogP contribution in [0.4, 0.5) is 11.5 Å². The van der Waals surface area contributed by atoms with Crippen LogP contribution in [-0.4, -0.2) is 25.0 Å². The third-order valence-corrected chi connectivity index (χ3v) is 4.26. The number of carbonyl (C=O) groups is 1. The summed E-state index contributed by atoms with van der Waals surface area (Å²) < 4.78 is 0. The Morgan fingerprint density at radius 1 is 0.923 bits per heavy atom. The highest BCUT2D eigenvalue weighted by Gasteiger charge is 2.19. The molecule has 0 fully saturated rings. The van der Waals surface area contributed by atoms with Crippen LogP contribution in [0.1, 0.15) is 21.5 Å². The Kier molecular flexibility index (Phi) is 5.32. The zero-order valence-corrected chi connectivity index (χ0v) is 15.4. The summed E-state index contributed by atoms with van der Waals surface area (Å²) in [5.41, 5.74) is 3.97. The molecule has 0 atom stereocenters. The van der Waals surface area contributed by atoms with E-state index in [1.54, 1.807) is 11.1 Å². The van der Waals surface area contributed by atoms with Crippen LogP contribution in [0, 0.1) is 6.92 Å². The van der Waals surface area contributed by atoms with Gasteiger partial charge in [0, 0.05) is 31.5 Å². The topological polar surface area (TPSA) is 36.4 Å². The molecule has 1 amide bonds. The van der Waals surface area contributed by atoms with Gasteiger partial charge in [0.2, 0.25) is 0 Å². The number of hydrogen-bond acceptors (Lipinski definition) is 3. The molecule has 0 unspecified atom stereocenters. The molecule has 26 heavy (non-hydrogen) atoms. The summed E-state index contributed by atoms with van der Waals surface area (Å²) >= 11 is 0. The van der Waals surface area contributed by atoms with Crippen LogP contribution in [0.15, 0.2) is 72.9 Å². The molecule has 4 heteroatoms. The number of anilines is 2. The lowest BCUT2D eigenvalue weighted by molar-refractivity contribution is 0.0984. The molecule has 0 bridgehead atoms. The smallest absolute Gasteiger partial charge is 0.259 e. The molecule has 0 saturated carbocycles. The van der Waals surface area contributed by atoms with Crippen LogP contribution in [0.25, 0.3) is 0 Å². The van der Waals surface area contributed by atoms with Gasteiger partial charge in [0.25, 0.3) is 5.91 Å². The second kappa shape index (κ2) is 7.83. The molecule has 3 aromatic rings. The number of amides is 1. The monoisotopic (exact) mass is 345 g/mol. The first kappa shape index (κ1) is 17.7. The van der Waals surface area contributed by atoms with Crippen molar-refractivity contribution in [3.63, 3.8) is 0 Å². The summed E-state index contributed by atoms with van der Waals surface area (Å²) in [6.45, 7) is 2.48. The molecular weight excluding hydrogens is 322 g/mol. The summed E-state index contributed by atoms with van der Waals surface area (Å²) in [7, 11) is 4.02. The fourth-order valence-electron chi connectivity index (χ4n) is 2.70. The van der Waals surface area contributed by atoms with E-state index >= 15 is 0 Å². The number of hydrogen-bond donors (Lipinski definition) is 0. The molecule has 0 N–H and O–H groups in total. The Bertz CT molecular complexity index is 856. The van der Waals surface area contributed by atoms with Crippen molar-refractivity contribution in [2.45, 2.75) is 13.5 Å². The second-order valence-corrected chi connectivity index (χ2v) is 6.51. The molecule has 1 aromatic heterocycles. The van der Waals surface area contributed by atoms with Crippen LogP contribution < -0.4 is 9.80 Å². The SMILES string of the molecule is Cc1ccc(C(=O)N(Cc2ccc(N(C)C)cc2)c2ccccn2)cc1. The minimum atomic E-state index is -0.0552. The van der Waals surface area contributed by atoms with Crippen molar-refractivity contribution in [2.75, 3.05) is 23.9 Å². The van der Waals surface area contributed by atoms with Crippen molar-refractivity contribution >= 4 is 17.4 Å². The van der Waals surface area contributed by atoms with E-state index in [9.17, 15) is 4.79 Å². The zero-order chi connectivity index (χ0) is 18.5. The van der Waals surface area contributed by atoms with E-state index in [1.807, 2.05) is 75.6 Å². The Labute approximate surface area is 154 Å². The first-order valence-electron chi connectivity index (χ1n) is 8.60. The van der Waals surface area contributed by atoms with Crippen LogP contribution in [0.5, 0.6) is 0 Å². The van der Waals surface area contributed by atoms with Crippen LogP contribution >= 0.6 is 0 Å². The van der Waals surface area contributed by atoms with Gasteiger partial charge in [-0.15, -0.1) is 0 Å². The van der Waals surface area contributed by atoms with Crippen LogP contribution in [-0.2, 0) is 6.54 Å². The standard InChI is InChI=1S/C22H23N3O/c1-17-7-11-19(12-8-17)22(26)25(21-6-4-5-15-23-21)16-18-9-13-20(14-10-18)24(2)3/h4-15H,16H2,1-3H3. The molecule has 0 aliphatic carbocycles. The Hall–Kier alpha value is -3.14. The Morgan fingerprint density at radius 2 is 1.62 bits per heavy atom. The lowest BCUT2D eigenvalue weighted by Crippen LogP contribution is -2.31. The van der Waals surface area contributed by atoms with E-state index < -0.39 is 0 Å². The van der Waals surface area contributed by atoms with E-state index in [1.165, 1.54) is 0 Å². The van der Waals surface area contributed by atoms with Gasteiger partial charge in [-0.3, -0.25) is 9.69 Å². The maximum Gasteiger partial charge on any atom is 0.259 e. The lowest BCUT2D eigenvalue weighted by atomic mass is 10.1. The first-order valence-corrected chi connectivity index (χ1v) is 8.60. The number of nitrogens with zero attached hydrogens (tertiary/aromatic N) is 3. The maximum atomic E-state index is 13.1. The van der Waals surface area contributed by atoms with Gasteiger partial charge < -0.3 is 4.90 Å². The number of aromatic nitrogens is 1. The van der Waals surface area contributed by atoms with Crippen molar-refractivity contribution < 1.29 is 4.79 Å². The predicted octanol–water partition coefficient (Wildman–Crippen LogP) is 4.30. The van der Waals surface area contributed by atoms with Gasteiger partial charge in [-0.1, -0.05) is 35.9 Å². The van der Waals surface area contributed by atoms with Crippen molar-refractivity contribution in [3.8, 4) is 0 Å². The summed E-state index contributed by atoms with van der Waals surface area (Å²) in [5, 5.41) is 0. The van der Waals surface area contributed by atoms with Gasteiger partial charge in [0.05, 0.1) is 6.54 Å². The number of aryl methyl sites for hydroxylation is 1. The van der Waals surface area contributed by atoms with Gasteiger partial charge in [0.1, 0.15) is 5.82 Å². The fraction of sp³-hybridized carbons (Fsp3) is 0.182. The predicted molar refractivity (Wildman–Crippen MR) is 107 cm³/mol. The Morgan fingerprint density at radius 3 is 2.19 bits per heavy atom. The molecule has 2 aromatic carbocycles. The van der Waals surface area contributed by atoms with Crippen molar-refractivity contribution in [3.05, 3.63) is 89.6 Å². The molecule has 4 nitrogen and oxygen atoms in total. The summed E-state index contributed by atoms with van der Waals surface area (Å²) in [6, 6.07) is 21.5. The third-order valence-electron chi connectivity index (χ3n) is 4.26. The summed E-state index contributed by atoms with van der Waals surface area (Å²) in [4.78, 5) is 21.3. The number of benzene rings is 2. The van der Waals surface area contributed by atoms with Gasteiger partial charge in [-0.05, 0) is 48.9 Å². The molecule has 0 saturated heterocycles. The van der Waals surface area contributed by atoms with Crippen LogP contribution in [0.3, 0.4) is 0 Å². The molecule has 132 valence electrons. The zero-order valence-electron chi connectivity index (χ0n) is 15.4. The van der Waals surface area contributed by atoms with Crippen molar-refractivity contribution in [1.82, 2.24) is 4.98 Å². The quantitative estimate of drug-likeness (QED) is 0.692. The highest BCUT2D eigenvalue weighted by Crippen LogP contribution is 2.20. The highest BCUT2D eigenvalue weighted by molar-refractivity contribution is 6.05. The molecule has 1 heterocycles. The van der Waals surface area contributed by atoms with E-state index in [2.05, 4.69) is 22.0 Å². The first-order chi connectivity index (χ1) is 12.5. The van der Waals surface area contributed by atoms with Gasteiger partial charge in [-0.25, -0.2) is 4.98 Å².